The molecule has 3 N–H and O–H groups in total. The molecule has 1 unspecified atom stereocenters. The Morgan fingerprint density at radius 1 is 1.24 bits per heavy atom. The van der Waals surface area contributed by atoms with E-state index in [1.54, 1.807) is 6.92 Å². The van der Waals surface area contributed by atoms with E-state index in [1.165, 1.54) is 31.3 Å². The van der Waals surface area contributed by atoms with Gasteiger partial charge in [-0.25, -0.2) is 4.79 Å². The molecule has 1 heterocycles. The number of cyclic esters (lactones) is 1. The van der Waals surface area contributed by atoms with Gasteiger partial charge < -0.3 is 20.1 Å². The monoisotopic (exact) mass is 458 g/mol. The highest BCUT2D eigenvalue weighted by molar-refractivity contribution is 5.79. The second-order valence-corrected chi connectivity index (χ2v) is 11.8. The van der Waals surface area contributed by atoms with Crippen LogP contribution in [-0.4, -0.2) is 45.7 Å². The summed E-state index contributed by atoms with van der Waals surface area (Å²) in [5, 5.41) is 30.6. The van der Waals surface area contributed by atoms with Crippen molar-refractivity contribution < 1.29 is 24.9 Å². The summed E-state index contributed by atoms with van der Waals surface area (Å²) in [6.45, 7) is 10.9. The number of fused-ring (bicyclic) bond motifs is 1. The number of aliphatic hydroxyl groups excluding tert-OH is 2. The Morgan fingerprint density at radius 3 is 2.73 bits per heavy atom. The van der Waals surface area contributed by atoms with Gasteiger partial charge in [0, 0.05) is 6.42 Å². The summed E-state index contributed by atoms with van der Waals surface area (Å²) in [5.74, 6) is 1.42. The van der Waals surface area contributed by atoms with Gasteiger partial charge in [-0.2, -0.15) is 0 Å². The predicted octanol–water partition coefficient (Wildman–Crippen LogP) is 4.47. The first-order valence-electron chi connectivity index (χ1n) is 12.9. The summed E-state index contributed by atoms with van der Waals surface area (Å²) in [5.41, 5.74) is 2.13. The number of rotatable bonds is 4. The van der Waals surface area contributed by atoms with Crippen molar-refractivity contribution in [1.29, 1.82) is 0 Å². The minimum atomic E-state index is -1.36. The lowest BCUT2D eigenvalue weighted by Crippen LogP contribution is -2.45. The lowest BCUT2D eigenvalue weighted by atomic mass is 9.60. The molecule has 5 nitrogen and oxygen atoms in total. The average Bonchev–Trinajstić information content (AvgIpc) is 3.09. The van der Waals surface area contributed by atoms with Crippen molar-refractivity contribution in [2.24, 2.45) is 29.1 Å². The Bertz CT molecular complexity index is 839. The molecule has 0 radical (unpaired) electrons. The van der Waals surface area contributed by atoms with Crippen LogP contribution in [0.1, 0.15) is 78.6 Å². The van der Waals surface area contributed by atoms with Crippen molar-refractivity contribution in [3.8, 4) is 0 Å². The van der Waals surface area contributed by atoms with Crippen LogP contribution in [0, 0.1) is 29.1 Å². The van der Waals surface area contributed by atoms with Gasteiger partial charge in [0.05, 0.1) is 18.8 Å². The fourth-order valence-electron chi connectivity index (χ4n) is 7.57. The molecule has 33 heavy (non-hydrogen) atoms. The zero-order valence-electron chi connectivity index (χ0n) is 20.6. The highest BCUT2D eigenvalue weighted by atomic mass is 16.6. The molecule has 1 aliphatic heterocycles. The van der Waals surface area contributed by atoms with Crippen molar-refractivity contribution in [3.05, 3.63) is 35.5 Å². The van der Waals surface area contributed by atoms with Gasteiger partial charge in [0.15, 0.2) is 5.60 Å². The molecule has 8 atom stereocenters. The largest absolute Gasteiger partial charge is 0.463 e. The van der Waals surface area contributed by atoms with Gasteiger partial charge in [-0.3, -0.25) is 0 Å². The van der Waals surface area contributed by atoms with E-state index in [0.717, 1.165) is 24.0 Å². The number of allylic oxidation sites excluding steroid dienone is 3. The number of carbonyl (C=O) groups is 1. The van der Waals surface area contributed by atoms with E-state index in [2.05, 4.69) is 32.6 Å². The maximum absolute atomic E-state index is 11.8. The van der Waals surface area contributed by atoms with Crippen LogP contribution in [0.25, 0.3) is 0 Å². The Labute approximate surface area is 198 Å². The van der Waals surface area contributed by atoms with E-state index in [-0.39, 0.29) is 11.3 Å². The van der Waals surface area contributed by atoms with Crippen molar-refractivity contribution >= 4 is 5.97 Å². The SMILES string of the molecule is C=C1/C(=C\C=C2/CCC[C@@]3(C)C2CC[C@@H]3[C@H](C)C[C@H]2COC(=O)[C@@](C)(O)C2)C[C@@H](O)C[C@@H]1O. The minimum absolute atomic E-state index is 0.217. The van der Waals surface area contributed by atoms with Gasteiger partial charge in [-0.15, -0.1) is 0 Å². The van der Waals surface area contributed by atoms with Gasteiger partial charge in [-0.1, -0.05) is 38.2 Å². The van der Waals surface area contributed by atoms with Crippen molar-refractivity contribution in [2.45, 2.75) is 96.4 Å². The van der Waals surface area contributed by atoms with Gasteiger partial charge in [0.2, 0.25) is 0 Å². The molecule has 3 aliphatic carbocycles. The average molecular weight is 459 g/mol. The van der Waals surface area contributed by atoms with Crippen LogP contribution < -0.4 is 0 Å². The fraction of sp³-hybridized carbons (Fsp3) is 0.750. The summed E-state index contributed by atoms with van der Waals surface area (Å²) in [6, 6.07) is 0. The third kappa shape index (κ3) is 4.87. The maximum Gasteiger partial charge on any atom is 0.337 e. The Kier molecular flexibility index (Phi) is 6.97. The summed E-state index contributed by atoms with van der Waals surface area (Å²) >= 11 is 0. The molecular weight excluding hydrogens is 416 g/mol. The second-order valence-electron chi connectivity index (χ2n) is 11.8. The van der Waals surface area contributed by atoms with Crippen LogP contribution in [-0.2, 0) is 9.53 Å². The Hall–Kier alpha value is -1.43. The number of ether oxygens (including phenoxy) is 1. The number of hydrogen-bond acceptors (Lipinski definition) is 5. The molecule has 3 saturated carbocycles. The number of carbonyl (C=O) groups excluding carboxylic acids is 1. The van der Waals surface area contributed by atoms with E-state index in [1.807, 2.05) is 0 Å². The van der Waals surface area contributed by atoms with Crippen molar-refractivity contribution in [3.63, 3.8) is 0 Å². The van der Waals surface area contributed by atoms with E-state index >= 15 is 0 Å². The maximum atomic E-state index is 11.8. The van der Waals surface area contributed by atoms with Crippen LogP contribution in [0.5, 0.6) is 0 Å². The minimum Gasteiger partial charge on any atom is -0.463 e. The molecule has 0 aromatic heterocycles. The standard InChI is InChI=1S/C28H42O5/c1-17(12-19-15-28(4,32)26(31)33-16-19)23-9-10-24-20(6-5-11-27(23,24)3)7-8-21-13-22(29)14-25(30)18(21)2/h7-8,17,19,22-25,29-30,32H,2,5-6,9-16H2,1,3-4H3/b20-7+,21-8-/t17-,19-,22-,23-,24?,25+,27-,28+/m1/s1. The lowest BCUT2D eigenvalue weighted by molar-refractivity contribution is -0.177. The van der Waals surface area contributed by atoms with Crippen LogP contribution >= 0.6 is 0 Å². The zero-order chi connectivity index (χ0) is 24.0. The highest BCUT2D eigenvalue weighted by Crippen LogP contribution is 2.60. The zero-order valence-corrected chi connectivity index (χ0v) is 20.6. The first kappa shape index (κ1) is 24.7. The first-order chi connectivity index (χ1) is 15.5. The van der Waals surface area contributed by atoms with Gasteiger partial charge in [0.1, 0.15) is 0 Å². The van der Waals surface area contributed by atoms with Crippen molar-refractivity contribution in [1.82, 2.24) is 0 Å². The normalized spacial score (nSPS) is 45.2. The molecule has 4 aliphatic rings. The molecule has 5 heteroatoms. The van der Waals surface area contributed by atoms with Crippen LogP contribution in [0.2, 0.25) is 0 Å². The quantitative estimate of drug-likeness (QED) is 0.541. The molecule has 1 saturated heterocycles. The van der Waals surface area contributed by atoms with E-state index in [0.29, 0.717) is 43.6 Å². The van der Waals surface area contributed by atoms with E-state index < -0.39 is 23.8 Å². The summed E-state index contributed by atoms with van der Waals surface area (Å²) in [6.07, 6.45) is 11.6. The number of esters is 1. The summed E-state index contributed by atoms with van der Waals surface area (Å²) in [7, 11) is 0. The van der Waals surface area contributed by atoms with Crippen LogP contribution in [0.15, 0.2) is 35.5 Å². The Balaban J connectivity index is 1.46. The Morgan fingerprint density at radius 2 is 2.00 bits per heavy atom. The molecular formula is C28H42O5. The van der Waals surface area contributed by atoms with E-state index in [4.69, 9.17) is 4.74 Å². The smallest absolute Gasteiger partial charge is 0.337 e. The second kappa shape index (κ2) is 9.31. The molecule has 0 amide bonds. The molecule has 4 rings (SSSR count). The van der Waals surface area contributed by atoms with Crippen LogP contribution in [0.4, 0.5) is 0 Å². The molecule has 184 valence electrons. The predicted molar refractivity (Wildman–Crippen MR) is 128 cm³/mol. The van der Waals surface area contributed by atoms with Crippen molar-refractivity contribution in [2.75, 3.05) is 6.61 Å². The first-order valence-corrected chi connectivity index (χ1v) is 12.9. The van der Waals surface area contributed by atoms with Crippen LogP contribution in [0.3, 0.4) is 0 Å². The molecule has 0 aromatic rings. The molecule has 4 fully saturated rings. The van der Waals surface area contributed by atoms with Gasteiger partial charge in [-0.05, 0) is 98.5 Å². The molecule has 0 bridgehead atoms. The summed E-state index contributed by atoms with van der Waals surface area (Å²) in [4.78, 5) is 11.8. The highest BCUT2D eigenvalue weighted by Gasteiger charge is 2.51. The van der Waals surface area contributed by atoms with Gasteiger partial charge >= 0.3 is 5.97 Å². The third-order valence-corrected chi connectivity index (χ3v) is 9.27. The topological polar surface area (TPSA) is 87.0 Å². The fourth-order valence-corrected chi connectivity index (χ4v) is 7.57. The van der Waals surface area contributed by atoms with E-state index in [9.17, 15) is 20.1 Å². The number of aliphatic hydroxyl groups is 3. The third-order valence-electron chi connectivity index (χ3n) is 9.27. The summed E-state index contributed by atoms with van der Waals surface area (Å²) < 4.78 is 5.28. The molecule has 0 spiro atoms. The van der Waals surface area contributed by atoms with Gasteiger partial charge in [0.25, 0.3) is 0 Å². The number of hydrogen-bond donors (Lipinski definition) is 3. The molecule has 0 aromatic carbocycles. The lowest BCUT2D eigenvalue weighted by Gasteiger charge is -2.45.